The van der Waals surface area contributed by atoms with Crippen molar-refractivity contribution in [3.05, 3.63) is 66.1 Å². The smallest absolute Gasteiger partial charge is 0.123 e. The summed E-state index contributed by atoms with van der Waals surface area (Å²) in [6.45, 7) is 3.30. The molecule has 0 aliphatic rings. The topological polar surface area (TPSA) is 14.2 Å². The molecular formula is C17H16FNO. The molecule has 2 aromatic carbocycles. The van der Waals surface area contributed by atoms with Crippen LogP contribution < -0.4 is 4.74 Å². The lowest BCUT2D eigenvalue weighted by Gasteiger charge is -2.07. The van der Waals surface area contributed by atoms with Crippen molar-refractivity contribution >= 4 is 10.9 Å². The van der Waals surface area contributed by atoms with Crippen molar-refractivity contribution in [1.82, 2.24) is 4.57 Å². The van der Waals surface area contributed by atoms with Gasteiger partial charge in [0.05, 0.1) is 6.61 Å². The maximum Gasteiger partial charge on any atom is 0.123 e. The van der Waals surface area contributed by atoms with Crippen molar-refractivity contribution in [2.24, 2.45) is 0 Å². The van der Waals surface area contributed by atoms with Crippen molar-refractivity contribution in [2.45, 2.75) is 13.5 Å². The van der Waals surface area contributed by atoms with Gasteiger partial charge in [0.25, 0.3) is 0 Å². The molecule has 0 radical (unpaired) electrons. The van der Waals surface area contributed by atoms with E-state index < -0.39 is 0 Å². The van der Waals surface area contributed by atoms with E-state index >= 15 is 0 Å². The first-order valence-electron chi connectivity index (χ1n) is 6.72. The second-order valence-corrected chi connectivity index (χ2v) is 4.73. The van der Waals surface area contributed by atoms with Crippen LogP contribution in [0.3, 0.4) is 0 Å². The summed E-state index contributed by atoms with van der Waals surface area (Å²) in [4.78, 5) is 0. The Morgan fingerprint density at radius 3 is 2.80 bits per heavy atom. The highest BCUT2D eigenvalue weighted by Gasteiger charge is 2.04. The highest BCUT2D eigenvalue weighted by molar-refractivity contribution is 5.81. The highest BCUT2D eigenvalue weighted by Crippen LogP contribution is 2.23. The molecule has 3 aromatic rings. The van der Waals surface area contributed by atoms with E-state index in [1.165, 1.54) is 6.07 Å². The molecule has 0 aliphatic heterocycles. The first kappa shape index (κ1) is 12.7. The molecule has 2 nitrogen and oxygen atoms in total. The highest BCUT2D eigenvalue weighted by atomic mass is 19.1. The maximum absolute atomic E-state index is 13.2. The van der Waals surface area contributed by atoms with Crippen LogP contribution in [0.15, 0.2) is 54.7 Å². The van der Waals surface area contributed by atoms with E-state index in [1.807, 2.05) is 37.4 Å². The van der Waals surface area contributed by atoms with Crippen molar-refractivity contribution in [3.63, 3.8) is 0 Å². The Hall–Kier alpha value is -2.29. The van der Waals surface area contributed by atoms with Crippen LogP contribution in [0.2, 0.25) is 0 Å². The van der Waals surface area contributed by atoms with E-state index in [-0.39, 0.29) is 5.82 Å². The van der Waals surface area contributed by atoms with Gasteiger partial charge in [-0.15, -0.1) is 0 Å². The average molecular weight is 269 g/mol. The summed E-state index contributed by atoms with van der Waals surface area (Å²) in [6, 6.07) is 14.8. The molecule has 0 saturated carbocycles. The lowest BCUT2D eigenvalue weighted by molar-refractivity contribution is 0.340. The fourth-order valence-corrected chi connectivity index (χ4v) is 2.40. The Balaban J connectivity index is 1.92. The zero-order valence-corrected chi connectivity index (χ0v) is 11.3. The van der Waals surface area contributed by atoms with Gasteiger partial charge in [-0.2, -0.15) is 0 Å². The molecule has 3 rings (SSSR count). The zero-order valence-electron chi connectivity index (χ0n) is 11.3. The molecule has 20 heavy (non-hydrogen) atoms. The number of rotatable bonds is 4. The van der Waals surface area contributed by atoms with Gasteiger partial charge in [0, 0.05) is 23.6 Å². The number of aromatic nitrogens is 1. The minimum Gasteiger partial charge on any atom is -0.494 e. The molecule has 0 atom stereocenters. The Kier molecular flexibility index (Phi) is 3.42. The fraction of sp³-hybridized carbons (Fsp3) is 0.176. The van der Waals surface area contributed by atoms with Crippen LogP contribution in [0.5, 0.6) is 5.75 Å². The summed E-state index contributed by atoms with van der Waals surface area (Å²) in [6.07, 6.45) is 2.02. The van der Waals surface area contributed by atoms with Gasteiger partial charge >= 0.3 is 0 Å². The first-order chi connectivity index (χ1) is 9.76. The summed E-state index contributed by atoms with van der Waals surface area (Å²) < 4.78 is 20.8. The molecule has 0 bridgehead atoms. The number of halogens is 1. The van der Waals surface area contributed by atoms with Gasteiger partial charge in [-0.3, -0.25) is 0 Å². The summed E-state index contributed by atoms with van der Waals surface area (Å²) in [5, 5.41) is 1.13. The molecule has 1 aromatic heterocycles. The van der Waals surface area contributed by atoms with Crippen LogP contribution in [0.4, 0.5) is 4.39 Å². The van der Waals surface area contributed by atoms with Crippen molar-refractivity contribution in [2.75, 3.05) is 6.61 Å². The summed E-state index contributed by atoms with van der Waals surface area (Å²) in [5.41, 5.74) is 2.08. The SMILES string of the molecule is CCOc1ccc2c(ccn2Cc2cccc(F)c2)c1. The van der Waals surface area contributed by atoms with Crippen molar-refractivity contribution in [3.8, 4) is 5.75 Å². The van der Waals surface area contributed by atoms with Crippen LogP contribution in [-0.2, 0) is 6.54 Å². The third kappa shape index (κ3) is 2.52. The van der Waals surface area contributed by atoms with Crippen LogP contribution >= 0.6 is 0 Å². The molecule has 0 spiro atoms. The molecule has 0 fully saturated rings. The number of fused-ring (bicyclic) bond motifs is 1. The van der Waals surface area contributed by atoms with Crippen molar-refractivity contribution in [1.29, 1.82) is 0 Å². The molecule has 0 aliphatic carbocycles. The third-order valence-corrected chi connectivity index (χ3v) is 3.30. The lowest BCUT2D eigenvalue weighted by atomic mass is 10.2. The second kappa shape index (κ2) is 5.37. The van der Waals surface area contributed by atoms with E-state index in [1.54, 1.807) is 12.1 Å². The Bertz CT molecular complexity index is 733. The van der Waals surface area contributed by atoms with Gasteiger partial charge in [0.2, 0.25) is 0 Å². The molecule has 3 heteroatoms. The fourth-order valence-electron chi connectivity index (χ4n) is 2.40. The van der Waals surface area contributed by atoms with E-state index in [2.05, 4.69) is 10.6 Å². The summed E-state index contributed by atoms with van der Waals surface area (Å²) >= 11 is 0. The van der Waals surface area contributed by atoms with Gasteiger partial charge < -0.3 is 9.30 Å². The first-order valence-corrected chi connectivity index (χ1v) is 6.72. The minimum absolute atomic E-state index is 0.197. The van der Waals surface area contributed by atoms with Gasteiger partial charge in [0.15, 0.2) is 0 Å². The molecule has 1 heterocycles. The maximum atomic E-state index is 13.2. The monoisotopic (exact) mass is 269 g/mol. The average Bonchev–Trinajstić information content (AvgIpc) is 2.82. The Morgan fingerprint density at radius 1 is 1.10 bits per heavy atom. The molecule has 0 amide bonds. The predicted octanol–water partition coefficient (Wildman–Crippen LogP) is 4.23. The number of hydrogen-bond acceptors (Lipinski definition) is 1. The molecular weight excluding hydrogens is 253 g/mol. The van der Waals surface area contributed by atoms with E-state index in [0.717, 1.165) is 22.2 Å². The normalized spacial score (nSPS) is 10.9. The van der Waals surface area contributed by atoms with E-state index in [0.29, 0.717) is 13.2 Å². The van der Waals surface area contributed by atoms with Gasteiger partial charge in [0.1, 0.15) is 11.6 Å². The molecule has 0 saturated heterocycles. The second-order valence-electron chi connectivity index (χ2n) is 4.73. The Labute approximate surface area is 117 Å². The van der Waals surface area contributed by atoms with Crippen LogP contribution in [-0.4, -0.2) is 11.2 Å². The largest absolute Gasteiger partial charge is 0.494 e. The quantitative estimate of drug-likeness (QED) is 0.691. The van der Waals surface area contributed by atoms with Gasteiger partial charge in [-0.05, 0) is 48.9 Å². The van der Waals surface area contributed by atoms with Gasteiger partial charge in [-0.1, -0.05) is 12.1 Å². The minimum atomic E-state index is -0.197. The summed E-state index contributed by atoms with van der Waals surface area (Å²) in [5.74, 6) is 0.682. The number of nitrogens with zero attached hydrogens (tertiary/aromatic N) is 1. The number of hydrogen-bond donors (Lipinski definition) is 0. The van der Waals surface area contributed by atoms with Crippen LogP contribution in [0.25, 0.3) is 10.9 Å². The standard InChI is InChI=1S/C17H16FNO/c1-2-20-16-6-7-17-14(11-16)8-9-19(17)12-13-4-3-5-15(18)10-13/h3-11H,2,12H2,1H3. The van der Waals surface area contributed by atoms with Crippen LogP contribution in [0, 0.1) is 5.82 Å². The van der Waals surface area contributed by atoms with E-state index in [4.69, 9.17) is 4.74 Å². The predicted molar refractivity (Wildman–Crippen MR) is 78.6 cm³/mol. The zero-order chi connectivity index (χ0) is 13.9. The van der Waals surface area contributed by atoms with Gasteiger partial charge in [-0.25, -0.2) is 4.39 Å². The molecule has 0 unspecified atom stereocenters. The Morgan fingerprint density at radius 2 is 2.00 bits per heavy atom. The number of ether oxygens (including phenoxy) is 1. The summed E-state index contributed by atoms with van der Waals surface area (Å²) in [7, 11) is 0. The lowest BCUT2D eigenvalue weighted by Crippen LogP contribution is -1.98. The third-order valence-electron chi connectivity index (χ3n) is 3.30. The number of benzene rings is 2. The molecule has 0 N–H and O–H groups in total. The van der Waals surface area contributed by atoms with Crippen LogP contribution in [0.1, 0.15) is 12.5 Å². The van der Waals surface area contributed by atoms with E-state index in [9.17, 15) is 4.39 Å². The van der Waals surface area contributed by atoms with Crippen molar-refractivity contribution < 1.29 is 9.13 Å². The molecule has 102 valence electrons.